The van der Waals surface area contributed by atoms with Gasteiger partial charge in [-0.3, -0.25) is 14.4 Å². The third-order valence-corrected chi connectivity index (χ3v) is 12.1. The van der Waals surface area contributed by atoms with Gasteiger partial charge in [0.05, 0.1) is 17.7 Å². The quantitative estimate of drug-likeness (QED) is 0.348. The van der Waals surface area contributed by atoms with Crippen LogP contribution in [0.15, 0.2) is 16.8 Å². The highest BCUT2D eigenvalue weighted by molar-refractivity contribution is 5.96. The van der Waals surface area contributed by atoms with E-state index in [0.29, 0.717) is 43.6 Å². The highest BCUT2D eigenvalue weighted by atomic mass is 16.6. The van der Waals surface area contributed by atoms with E-state index in [1.165, 1.54) is 5.57 Å². The number of Topliss-reactive ketones (excluding diaryl/α,β-unsaturated/α-hetero) is 1. The normalized spacial score (nSPS) is 40.6. The minimum absolute atomic E-state index is 0.0224. The number of hydrogen-bond acceptors (Lipinski definition) is 7. The Labute approximate surface area is 249 Å². The Morgan fingerprint density at radius 1 is 1.07 bits per heavy atom. The van der Waals surface area contributed by atoms with E-state index in [4.69, 9.17) is 9.57 Å². The van der Waals surface area contributed by atoms with Gasteiger partial charge in [-0.15, -0.1) is 0 Å². The molecule has 3 N–H and O–H groups in total. The van der Waals surface area contributed by atoms with Gasteiger partial charge < -0.3 is 25.1 Å². The molecule has 5 aliphatic rings. The molecule has 0 aromatic heterocycles. The molecule has 42 heavy (non-hydrogen) atoms. The van der Waals surface area contributed by atoms with Gasteiger partial charge >= 0.3 is 5.97 Å². The number of amides is 1. The summed E-state index contributed by atoms with van der Waals surface area (Å²) in [4.78, 5) is 42.2. The zero-order valence-electron chi connectivity index (χ0n) is 26.0. The smallest absolute Gasteiger partial charge is 0.305 e. The second kappa shape index (κ2) is 11.3. The van der Waals surface area contributed by atoms with Crippen LogP contribution in [0.2, 0.25) is 0 Å². The largest absolute Gasteiger partial charge is 0.481 e. The topological polar surface area (TPSA) is 135 Å². The Morgan fingerprint density at radius 2 is 1.81 bits per heavy atom. The molecular formula is C33H50N2O7. The van der Waals surface area contributed by atoms with Crippen molar-refractivity contribution in [2.75, 3.05) is 13.2 Å². The van der Waals surface area contributed by atoms with E-state index in [2.05, 4.69) is 30.4 Å². The molecule has 1 aliphatic heterocycles. The number of ketones is 1. The summed E-state index contributed by atoms with van der Waals surface area (Å²) >= 11 is 0. The molecule has 0 aromatic rings. The van der Waals surface area contributed by atoms with Gasteiger partial charge in [0, 0.05) is 18.1 Å². The van der Waals surface area contributed by atoms with Crippen LogP contribution in [0.25, 0.3) is 0 Å². The number of nitrogens with one attached hydrogen (secondary N) is 1. The number of carbonyl (C=O) groups excluding carboxylic acids is 2. The summed E-state index contributed by atoms with van der Waals surface area (Å²) < 4.78 is 5.77. The van der Waals surface area contributed by atoms with Crippen LogP contribution in [-0.4, -0.2) is 64.0 Å². The summed E-state index contributed by atoms with van der Waals surface area (Å²) in [5.41, 5.74) is 0.437. The van der Waals surface area contributed by atoms with Crippen LogP contribution in [-0.2, 0) is 24.0 Å². The average Bonchev–Trinajstić information content (AvgIpc) is 3.19. The van der Waals surface area contributed by atoms with Gasteiger partial charge in [-0.2, -0.15) is 0 Å². The molecule has 9 nitrogen and oxygen atoms in total. The standard InChI is InChI=1S/C33H50N2O7/c1-20(36)33(40)14-10-26-24-7-6-22-16-23(8-12-31(22,4)25(24)9-13-32(26,33)5)35-42-19-28(37)34-27(17-29(38)39)21-11-15-41-30(2,3)18-21/h16,21,24-27,40H,6-15,17-19H2,1-5H3,(H,34,37)(H,38,39)/b35-23+/t21?,24?,25?,26?,27?,31-,32-,33?/m0/s1. The number of hydrogen-bond donors (Lipinski definition) is 3. The molecule has 0 bridgehead atoms. The SMILES string of the molecule is CC(=O)C1(O)CCC2C3CCC4=C/C(=N/OCC(=O)NC(CC(=O)O)C5CCOC(C)(C)C5)CC[C@]4(C)C3CC[C@@]21C. The van der Waals surface area contributed by atoms with Crippen LogP contribution in [0.1, 0.15) is 105 Å². The fraction of sp³-hybridized carbons (Fsp3) is 0.818. The lowest BCUT2D eigenvalue weighted by molar-refractivity contribution is -0.159. The number of carboxylic acids is 1. The van der Waals surface area contributed by atoms with Crippen LogP contribution in [0.4, 0.5) is 0 Å². The van der Waals surface area contributed by atoms with Crippen molar-refractivity contribution in [1.82, 2.24) is 5.32 Å². The van der Waals surface area contributed by atoms with Crippen LogP contribution >= 0.6 is 0 Å². The molecule has 6 unspecified atom stereocenters. The van der Waals surface area contributed by atoms with E-state index in [1.807, 2.05) is 13.8 Å². The molecule has 234 valence electrons. The molecule has 9 heteroatoms. The van der Waals surface area contributed by atoms with Gasteiger partial charge in [0.2, 0.25) is 0 Å². The van der Waals surface area contributed by atoms with Crippen LogP contribution in [0.5, 0.6) is 0 Å². The number of carboxylic acid groups (broad SMARTS) is 1. The van der Waals surface area contributed by atoms with Gasteiger partial charge in [-0.05, 0) is 120 Å². The predicted molar refractivity (Wildman–Crippen MR) is 158 cm³/mol. The fourth-order valence-corrected chi connectivity index (χ4v) is 9.81. The zero-order valence-corrected chi connectivity index (χ0v) is 26.0. The fourth-order valence-electron chi connectivity index (χ4n) is 9.81. The highest BCUT2D eigenvalue weighted by Crippen LogP contribution is 2.67. The Morgan fingerprint density at radius 3 is 2.50 bits per heavy atom. The molecule has 1 amide bonds. The number of fused-ring (bicyclic) bond motifs is 5. The Bertz CT molecular complexity index is 1160. The molecule has 3 saturated carbocycles. The van der Waals surface area contributed by atoms with Crippen molar-refractivity contribution in [1.29, 1.82) is 0 Å². The van der Waals surface area contributed by atoms with Gasteiger partial charge in [-0.1, -0.05) is 24.6 Å². The second-order valence-corrected chi connectivity index (χ2v) is 14.9. The molecule has 4 aliphatic carbocycles. The van der Waals surface area contributed by atoms with Crippen molar-refractivity contribution in [2.45, 2.75) is 122 Å². The molecule has 8 atom stereocenters. The summed E-state index contributed by atoms with van der Waals surface area (Å²) in [5, 5.41) is 28.0. The van der Waals surface area contributed by atoms with Gasteiger partial charge in [-0.25, -0.2) is 0 Å². The van der Waals surface area contributed by atoms with Gasteiger partial charge in [0.25, 0.3) is 5.91 Å². The molecule has 5 rings (SSSR count). The third-order valence-electron chi connectivity index (χ3n) is 12.1. The van der Waals surface area contributed by atoms with Crippen LogP contribution in [0, 0.1) is 34.5 Å². The molecule has 1 heterocycles. The van der Waals surface area contributed by atoms with E-state index in [1.54, 1.807) is 6.92 Å². The number of allylic oxidation sites excluding steroid dienone is 2. The van der Waals surface area contributed by atoms with Crippen molar-refractivity contribution >= 4 is 23.4 Å². The Hall–Kier alpha value is -2.26. The van der Waals surface area contributed by atoms with Crippen molar-refractivity contribution in [3.05, 3.63) is 11.6 Å². The monoisotopic (exact) mass is 586 g/mol. The third kappa shape index (κ3) is 5.56. The summed E-state index contributed by atoms with van der Waals surface area (Å²) in [5.74, 6) is 0.0492. The Balaban J connectivity index is 1.20. The number of carbonyl (C=O) groups is 3. The molecule has 0 radical (unpaired) electrons. The first kappa shape index (κ1) is 31.2. The van der Waals surface area contributed by atoms with Gasteiger partial charge in [0.15, 0.2) is 12.4 Å². The van der Waals surface area contributed by atoms with Gasteiger partial charge in [0.1, 0.15) is 5.60 Å². The van der Waals surface area contributed by atoms with Crippen LogP contribution < -0.4 is 5.32 Å². The van der Waals surface area contributed by atoms with Crippen molar-refractivity contribution in [2.24, 2.45) is 39.7 Å². The van der Waals surface area contributed by atoms with Crippen molar-refractivity contribution in [3.63, 3.8) is 0 Å². The zero-order chi connectivity index (χ0) is 30.5. The minimum atomic E-state index is -1.19. The van der Waals surface area contributed by atoms with E-state index in [0.717, 1.165) is 50.7 Å². The first-order valence-corrected chi connectivity index (χ1v) is 16.0. The highest BCUT2D eigenvalue weighted by Gasteiger charge is 2.65. The van der Waals surface area contributed by atoms with E-state index >= 15 is 0 Å². The molecule has 1 saturated heterocycles. The number of rotatable bonds is 8. The first-order valence-electron chi connectivity index (χ1n) is 16.0. The van der Waals surface area contributed by atoms with E-state index < -0.39 is 17.6 Å². The van der Waals surface area contributed by atoms with Crippen molar-refractivity contribution < 1.29 is 34.2 Å². The summed E-state index contributed by atoms with van der Waals surface area (Å²) in [6.45, 7) is 10.4. The predicted octanol–water partition coefficient (Wildman–Crippen LogP) is 4.81. The summed E-state index contributed by atoms with van der Waals surface area (Å²) in [7, 11) is 0. The van der Waals surface area contributed by atoms with E-state index in [-0.39, 0.29) is 47.1 Å². The van der Waals surface area contributed by atoms with Crippen LogP contribution in [0.3, 0.4) is 0 Å². The average molecular weight is 587 g/mol. The maximum atomic E-state index is 12.7. The maximum absolute atomic E-state index is 12.7. The second-order valence-electron chi connectivity index (χ2n) is 14.9. The van der Waals surface area contributed by atoms with E-state index in [9.17, 15) is 24.6 Å². The molecule has 0 spiro atoms. The number of aliphatic carboxylic acids is 1. The number of nitrogens with zero attached hydrogens (tertiary/aromatic N) is 1. The molecule has 0 aromatic carbocycles. The lowest BCUT2D eigenvalue weighted by atomic mass is 9.46. The maximum Gasteiger partial charge on any atom is 0.305 e. The number of ether oxygens (including phenoxy) is 1. The minimum Gasteiger partial charge on any atom is -0.481 e. The molecular weight excluding hydrogens is 536 g/mol. The Kier molecular flexibility index (Phi) is 8.42. The first-order chi connectivity index (χ1) is 19.7. The lowest BCUT2D eigenvalue weighted by Crippen LogP contribution is -2.57. The summed E-state index contributed by atoms with van der Waals surface area (Å²) in [6, 6.07) is -0.481. The number of aliphatic hydroxyl groups is 1. The molecule has 4 fully saturated rings. The lowest BCUT2D eigenvalue weighted by Gasteiger charge is -2.59. The van der Waals surface area contributed by atoms with Crippen molar-refractivity contribution in [3.8, 4) is 0 Å². The number of oxime groups is 1. The summed E-state index contributed by atoms with van der Waals surface area (Å²) in [6.07, 6.45) is 10.6.